The van der Waals surface area contributed by atoms with Crippen LogP contribution in [0.3, 0.4) is 0 Å². The minimum atomic E-state index is -0.250. The number of fused-ring (bicyclic) bond motifs is 1. The minimum absolute atomic E-state index is 0. The van der Waals surface area contributed by atoms with E-state index in [-0.39, 0.29) is 53.1 Å². The second kappa shape index (κ2) is 17.0. The van der Waals surface area contributed by atoms with Gasteiger partial charge in [-0.15, -0.1) is 46.1 Å². The molecule has 0 aromatic heterocycles. The molecule has 0 spiro atoms. The SMILES string of the molecule is C=CC=C.CC(C)(C)[NH-].Cc1[cH-]c2ccccc2c1C.[CH3-].[CH3-].[Si].[Ti+4]. The summed E-state index contributed by atoms with van der Waals surface area (Å²) in [6.45, 7) is 16.6. The van der Waals surface area contributed by atoms with Gasteiger partial charge in [-0.3, -0.25) is 0 Å². The van der Waals surface area contributed by atoms with E-state index in [1.165, 1.54) is 21.9 Å². The molecule has 2 aromatic rings. The summed E-state index contributed by atoms with van der Waals surface area (Å²) in [5.41, 5.74) is 9.50. The molecule has 0 aliphatic heterocycles. The smallest absolute Gasteiger partial charge is 0.673 e. The monoisotopic (exact) mass is 375 g/mol. The van der Waals surface area contributed by atoms with Gasteiger partial charge in [-0.2, -0.15) is 5.56 Å². The van der Waals surface area contributed by atoms with Crippen LogP contribution in [0.5, 0.6) is 0 Å². The summed E-state index contributed by atoms with van der Waals surface area (Å²) in [6.07, 6.45) is 3.28. The topological polar surface area (TPSA) is 23.8 Å². The van der Waals surface area contributed by atoms with E-state index in [9.17, 15) is 0 Å². The Kier molecular flexibility index (Phi) is 24.5. The van der Waals surface area contributed by atoms with Crippen molar-refractivity contribution in [2.24, 2.45) is 0 Å². The molecule has 24 heavy (non-hydrogen) atoms. The van der Waals surface area contributed by atoms with Crippen LogP contribution in [0.15, 0.2) is 55.6 Å². The zero-order valence-electron chi connectivity index (χ0n) is 16.5. The van der Waals surface area contributed by atoms with E-state index < -0.39 is 0 Å². The fourth-order valence-corrected chi connectivity index (χ4v) is 1.52. The summed E-state index contributed by atoms with van der Waals surface area (Å²) < 4.78 is 0. The molecule has 3 heteroatoms. The van der Waals surface area contributed by atoms with Gasteiger partial charge < -0.3 is 20.6 Å². The number of aryl methyl sites for hydroxylation is 2. The summed E-state index contributed by atoms with van der Waals surface area (Å²) >= 11 is 0. The molecule has 0 bridgehead atoms. The van der Waals surface area contributed by atoms with E-state index in [0.717, 1.165) is 0 Å². The molecule has 2 aromatic carbocycles. The van der Waals surface area contributed by atoms with Crippen molar-refractivity contribution in [3.05, 3.63) is 87.4 Å². The van der Waals surface area contributed by atoms with Gasteiger partial charge in [0.1, 0.15) is 0 Å². The number of rotatable bonds is 1. The summed E-state index contributed by atoms with van der Waals surface area (Å²) in [5, 5.41) is 2.76. The van der Waals surface area contributed by atoms with Gasteiger partial charge in [0.15, 0.2) is 0 Å². The van der Waals surface area contributed by atoms with Gasteiger partial charge in [-0.1, -0.05) is 66.0 Å². The molecule has 0 amide bonds. The van der Waals surface area contributed by atoms with Gasteiger partial charge in [0.05, 0.1) is 0 Å². The van der Waals surface area contributed by atoms with Crippen molar-refractivity contribution in [3.63, 3.8) is 0 Å². The molecule has 130 valence electrons. The van der Waals surface area contributed by atoms with E-state index in [2.05, 4.69) is 57.3 Å². The second-order valence-electron chi connectivity index (χ2n) is 5.76. The van der Waals surface area contributed by atoms with Gasteiger partial charge in [-0.05, 0) is 0 Å². The van der Waals surface area contributed by atoms with Crippen molar-refractivity contribution in [2.75, 3.05) is 0 Å². The third-order valence-corrected chi connectivity index (χ3v) is 2.49. The Labute approximate surface area is 170 Å². The molecule has 0 unspecified atom stereocenters. The average molecular weight is 375 g/mol. The molecule has 4 radical (unpaired) electrons. The molecule has 0 aliphatic rings. The van der Waals surface area contributed by atoms with Crippen molar-refractivity contribution >= 4 is 21.7 Å². The van der Waals surface area contributed by atoms with Crippen LogP contribution in [0.1, 0.15) is 31.9 Å². The first-order valence-electron chi connectivity index (χ1n) is 6.80. The number of nitrogens with one attached hydrogen (secondary N) is 1. The molecule has 0 saturated heterocycles. The van der Waals surface area contributed by atoms with E-state index in [1.807, 2.05) is 20.8 Å². The molecule has 0 aliphatic carbocycles. The average Bonchev–Trinajstić information content (AvgIpc) is 2.64. The van der Waals surface area contributed by atoms with E-state index >= 15 is 0 Å². The van der Waals surface area contributed by atoms with Crippen molar-refractivity contribution in [1.82, 2.24) is 0 Å². The summed E-state index contributed by atoms with van der Waals surface area (Å²) in [5.74, 6) is 0. The van der Waals surface area contributed by atoms with Crippen molar-refractivity contribution < 1.29 is 21.7 Å². The molecule has 1 N–H and O–H groups in total. The maximum Gasteiger partial charge on any atom is 4.00 e. The number of hydrogen-bond acceptors (Lipinski definition) is 0. The van der Waals surface area contributed by atoms with Gasteiger partial charge in [0.25, 0.3) is 0 Å². The van der Waals surface area contributed by atoms with Gasteiger partial charge in [-0.25, -0.2) is 0 Å². The third kappa shape index (κ3) is 16.1. The van der Waals surface area contributed by atoms with Crippen LogP contribution >= 0.6 is 0 Å². The van der Waals surface area contributed by atoms with Crippen molar-refractivity contribution in [3.8, 4) is 0 Å². The van der Waals surface area contributed by atoms with Crippen LogP contribution in [0.25, 0.3) is 16.5 Å². The molecule has 0 fully saturated rings. The third-order valence-electron chi connectivity index (χ3n) is 2.49. The quantitative estimate of drug-likeness (QED) is 0.294. The Morgan fingerprint density at radius 1 is 1.00 bits per heavy atom. The summed E-state index contributed by atoms with van der Waals surface area (Å²) in [6, 6.07) is 10.8. The van der Waals surface area contributed by atoms with Crippen molar-refractivity contribution in [1.29, 1.82) is 0 Å². The van der Waals surface area contributed by atoms with Crippen LogP contribution in [0.2, 0.25) is 0 Å². The van der Waals surface area contributed by atoms with Gasteiger partial charge in [0.2, 0.25) is 0 Å². The maximum absolute atomic E-state index is 6.94. The fraction of sp³-hybridized carbons (Fsp3) is 0.286. The standard InChI is InChI=1S/C11H11.C4H10N.C4H6.2CH3.Si.Ti/c1-8-7-10-5-3-4-6-11(10)9(8)2;1-4(2,3)5;1-3-4-2;;;;/h3-7H,1-2H3;5H,1-3H3;3-4H,1-2H2;2*1H3;;/q2*-1;;2*-1;;+4. The number of benzene rings is 1. The summed E-state index contributed by atoms with van der Waals surface area (Å²) in [7, 11) is 0. The predicted molar refractivity (Wildman–Crippen MR) is 112 cm³/mol. The van der Waals surface area contributed by atoms with E-state index in [4.69, 9.17) is 5.73 Å². The van der Waals surface area contributed by atoms with E-state index in [0.29, 0.717) is 0 Å². The molecule has 2 rings (SSSR count). The van der Waals surface area contributed by atoms with Crippen LogP contribution in [0.4, 0.5) is 0 Å². The Hall–Kier alpha value is -0.799. The molecular weight excluding hydrogens is 342 g/mol. The Morgan fingerprint density at radius 3 is 1.71 bits per heavy atom. The Morgan fingerprint density at radius 2 is 1.38 bits per heavy atom. The largest absolute Gasteiger partial charge is 4.00 e. The van der Waals surface area contributed by atoms with Gasteiger partial charge >= 0.3 is 21.7 Å². The first-order chi connectivity index (χ1) is 9.20. The second-order valence-corrected chi connectivity index (χ2v) is 5.76. The molecule has 0 atom stereocenters. The molecule has 0 saturated carbocycles. The van der Waals surface area contributed by atoms with Crippen LogP contribution in [-0.2, 0) is 21.7 Å². The first-order valence-corrected chi connectivity index (χ1v) is 6.80. The fourth-order valence-electron chi connectivity index (χ4n) is 1.52. The molecule has 0 heterocycles. The zero-order chi connectivity index (χ0) is 15.8. The maximum atomic E-state index is 6.94. The van der Waals surface area contributed by atoms with Crippen LogP contribution in [0, 0.1) is 28.7 Å². The molecule has 1 nitrogen and oxygen atoms in total. The Balaban J connectivity index is -0.0000000813. The zero-order valence-corrected chi connectivity index (χ0v) is 19.0. The number of hydrogen-bond donors (Lipinski definition) is 0. The summed E-state index contributed by atoms with van der Waals surface area (Å²) in [4.78, 5) is 0. The number of allylic oxidation sites excluding steroid dienone is 2. The van der Waals surface area contributed by atoms with Crippen molar-refractivity contribution in [2.45, 2.75) is 40.2 Å². The Bertz CT molecular complexity index is 538. The van der Waals surface area contributed by atoms with Gasteiger partial charge in [0, 0.05) is 11.0 Å². The van der Waals surface area contributed by atoms with Crippen LogP contribution in [-0.4, -0.2) is 16.5 Å². The minimum Gasteiger partial charge on any atom is -0.673 e. The predicted octanol–water partition coefficient (Wildman–Crippen LogP) is 6.89. The van der Waals surface area contributed by atoms with Crippen LogP contribution < -0.4 is 0 Å². The molecular formula is C21H33NSiTi. The van der Waals surface area contributed by atoms with E-state index in [1.54, 1.807) is 12.2 Å². The normalized spacial score (nSPS) is 8.25. The first kappa shape index (κ1) is 34.5.